The number of amidine groups is 2. The van der Waals surface area contributed by atoms with Gasteiger partial charge in [-0.25, -0.2) is 18.9 Å². The van der Waals surface area contributed by atoms with Gasteiger partial charge in [0.2, 0.25) is 0 Å². The van der Waals surface area contributed by atoms with E-state index in [1.807, 2.05) is 38.1 Å². The van der Waals surface area contributed by atoms with E-state index in [1.54, 1.807) is 35.1 Å². The van der Waals surface area contributed by atoms with Gasteiger partial charge >= 0.3 is 6.03 Å². The minimum absolute atomic E-state index is 0.190. The molecule has 1 fully saturated rings. The molecule has 1 aliphatic rings. The van der Waals surface area contributed by atoms with Crippen LogP contribution in [0.5, 0.6) is 0 Å². The van der Waals surface area contributed by atoms with Gasteiger partial charge in [0.25, 0.3) is 0 Å². The Balaban J connectivity index is 1.61. The molecule has 1 unspecified atom stereocenters. The van der Waals surface area contributed by atoms with E-state index in [0.717, 1.165) is 11.3 Å². The molecule has 0 aliphatic carbocycles. The number of rotatable bonds is 7. The highest BCUT2D eigenvalue weighted by molar-refractivity contribution is 6.15. The van der Waals surface area contributed by atoms with Crippen molar-refractivity contribution < 1.29 is 9.18 Å². The fraction of sp³-hybridized carbons (Fsp3) is 0.320. The summed E-state index contributed by atoms with van der Waals surface area (Å²) in [6.45, 7) is 5.17. The van der Waals surface area contributed by atoms with E-state index in [9.17, 15) is 9.18 Å². The van der Waals surface area contributed by atoms with Crippen molar-refractivity contribution in [3.63, 3.8) is 0 Å². The zero-order valence-corrected chi connectivity index (χ0v) is 20.0. The third-order valence-electron chi connectivity index (χ3n) is 5.68. The standard InChI is InChI=1S/C25H29FN8O/c1-17(2)13-33-23(27)22(14-32(3)25(33)35)24(31-20-8-6-19(26)7-9-20)29-12-18-4-10-21(11-5-18)34-16-28-15-30-34/h4-11,15-17,22,27H,12-14H2,1-3H3,(H,29,31). The van der Waals surface area contributed by atoms with Crippen LogP contribution in [0, 0.1) is 23.1 Å². The molecular weight excluding hydrogens is 447 g/mol. The SMILES string of the molecule is CC(C)CN1C(=N)C(C(=NCc2ccc(-n3cncn3)cc2)Nc2ccc(F)cc2)CN(C)C1=O. The van der Waals surface area contributed by atoms with Crippen molar-refractivity contribution in [3.8, 4) is 5.69 Å². The van der Waals surface area contributed by atoms with Crippen molar-refractivity contribution in [2.45, 2.75) is 20.4 Å². The van der Waals surface area contributed by atoms with E-state index < -0.39 is 5.92 Å². The molecular formula is C25H29FN8O. The highest BCUT2D eigenvalue weighted by atomic mass is 19.1. The van der Waals surface area contributed by atoms with Crippen molar-refractivity contribution in [1.82, 2.24) is 24.6 Å². The van der Waals surface area contributed by atoms with Crippen molar-refractivity contribution in [2.75, 3.05) is 25.5 Å². The van der Waals surface area contributed by atoms with Gasteiger partial charge in [0, 0.05) is 25.8 Å². The number of aromatic nitrogens is 3. The number of hydrogen-bond donors (Lipinski definition) is 2. The first-order valence-electron chi connectivity index (χ1n) is 11.4. The molecule has 4 rings (SSSR count). The molecule has 1 aromatic heterocycles. The van der Waals surface area contributed by atoms with Crippen molar-refractivity contribution in [1.29, 1.82) is 5.41 Å². The highest BCUT2D eigenvalue weighted by Gasteiger charge is 2.37. The van der Waals surface area contributed by atoms with Crippen LogP contribution in [0.15, 0.2) is 66.2 Å². The molecule has 2 heterocycles. The molecule has 2 amide bonds. The topological polar surface area (TPSA) is 102 Å². The van der Waals surface area contributed by atoms with Crippen LogP contribution < -0.4 is 5.32 Å². The second-order valence-electron chi connectivity index (χ2n) is 8.95. The first-order valence-corrected chi connectivity index (χ1v) is 11.4. The number of amides is 2. The first kappa shape index (κ1) is 24.1. The number of carbonyl (C=O) groups is 1. The van der Waals surface area contributed by atoms with E-state index in [4.69, 9.17) is 10.4 Å². The van der Waals surface area contributed by atoms with E-state index in [1.165, 1.54) is 23.4 Å². The summed E-state index contributed by atoms with van der Waals surface area (Å²) >= 11 is 0. The maximum atomic E-state index is 13.5. The van der Waals surface area contributed by atoms with E-state index in [2.05, 4.69) is 15.4 Å². The van der Waals surface area contributed by atoms with Gasteiger partial charge in [-0.2, -0.15) is 5.10 Å². The number of anilines is 1. The largest absolute Gasteiger partial charge is 0.343 e. The zero-order chi connectivity index (χ0) is 24.9. The molecule has 2 N–H and O–H groups in total. The van der Waals surface area contributed by atoms with E-state index in [-0.39, 0.29) is 23.6 Å². The molecule has 1 saturated heterocycles. The summed E-state index contributed by atoms with van der Waals surface area (Å²) in [4.78, 5) is 24.6. The third kappa shape index (κ3) is 5.71. The van der Waals surface area contributed by atoms with Crippen LogP contribution in [0.4, 0.5) is 14.9 Å². The predicted octanol–water partition coefficient (Wildman–Crippen LogP) is 4.03. The molecule has 1 aliphatic heterocycles. The molecule has 0 spiro atoms. The molecule has 35 heavy (non-hydrogen) atoms. The average Bonchev–Trinajstić information content (AvgIpc) is 3.38. The Labute approximate surface area is 203 Å². The molecule has 0 saturated carbocycles. The normalized spacial score (nSPS) is 16.8. The van der Waals surface area contributed by atoms with Gasteiger partial charge in [-0.05, 0) is 47.9 Å². The molecule has 2 aromatic carbocycles. The van der Waals surface area contributed by atoms with Crippen LogP contribution in [0.1, 0.15) is 19.4 Å². The molecule has 0 radical (unpaired) electrons. The average molecular weight is 477 g/mol. The Morgan fingerprint density at radius 2 is 1.91 bits per heavy atom. The van der Waals surface area contributed by atoms with Gasteiger partial charge < -0.3 is 10.2 Å². The van der Waals surface area contributed by atoms with E-state index in [0.29, 0.717) is 31.2 Å². The number of halogens is 1. The van der Waals surface area contributed by atoms with Crippen LogP contribution >= 0.6 is 0 Å². The Morgan fingerprint density at radius 1 is 1.20 bits per heavy atom. The lowest BCUT2D eigenvalue weighted by Crippen LogP contribution is -2.58. The fourth-order valence-corrected chi connectivity index (χ4v) is 3.88. The summed E-state index contributed by atoms with van der Waals surface area (Å²) in [5.74, 6) is 0.184. The highest BCUT2D eigenvalue weighted by Crippen LogP contribution is 2.21. The maximum absolute atomic E-state index is 13.5. The van der Waals surface area contributed by atoms with Gasteiger partial charge in [0.15, 0.2) is 0 Å². The lowest BCUT2D eigenvalue weighted by atomic mass is 10.0. The summed E-state index contributed by atoms with van der Waals surface area (Å²) in [7, 11) is 1.73. The quantitative estimate of drug-likeness (QED) is 0.397. The predicted molar refractivity (Wildman–Crippen MR) is 133 cm³/mol. The van der Waals surface area contributed by atoms with E-state index >= 15 is 0 Å². The summed E-state index contributed by atoms with van der Waals surface area (Å²) in [6.07, 6.45) is 3.11. The molecule has 1 atom stereocenters. The molecule has 182 valence electrons. The Hall–Kier alpha value is -4.08. The number of nitrogens with zero attached hydrogens (tertiary/aromatic N) is 6. The first-order chi connectivity index (χ1) is 16.8. The number of urea groups is 1. The lowest BCUT2D eigenvalue weighted by Gasteiger charge is -2.40. The molecule has 0 bridgehead atoms. The summed E-state index contributed by atoms with van der Waals surface area (Å²) in [6, 6.07) is 13.6. The third-order valence-corrected chi connectivity index (χ3v) is 5.68. The Kier molecular flexibility index (Phi) is 7.19. The Bertz CT molecular complexity index is 1190. The summed E-state index contributed by atoms with van der Waals surface area (Å²) in [5, 5.41) is 16.2. The maximum Gasteiger partial charge on any atom is 0.325 e. The molecule has 3 aromatic rings. The van der Waals surface area contributed by atoms with Crippen molar-refractivity contribution in [3.05, 3.63) is 72.6 Å². The minimum atomic E-state index is -0.448. The fourth-order valence-electron chi connectivity index (χ4n) is 3.88. The van der Waals surface area contributed by atoms with Crippen LogP contribution in [-0.4, -0.2) is 62.4 Å². The van der Waals surface area contributed by atoms with Gasteiger partial charge in [-0.3, -0.25) is 15.3 Å². The summed E-state index contributed by atoms with van der Waals surface area (Å²) < 4.78 is 15.1. The van der Waals surface area contributed by atoms with Crippen molar-refractivity contribution in [2.24, 2.45) is 16.8 Å². The number of nitrogens with one attached hydrogen (secondary N) is 2. The van der Waals surface area contributed by atoms with Gasteiger partial charge in [0.05, 0.1) is 18.2 Å². The zero-order valence-electron chi connectivity index (χ0n) is 20.0. The van der Waals surface area contributed by atoms with Crippen LogP contribution in [-0.2, 0) is 6.54 Å². The number of benzene rings is 2. The molecule has 10 heteroatoms. The second-order valence-corrected chi connectivity index (χ2v) is 8.95. The Morgan fingerprint density at radius 3 is 2.54 bits per heavy atom. The molecule has 9 nitrogen and oxygen atoms in total. The van der Waals surface area contributed by atoms with Crippen LogP contribution in [0.25, 0.3) is 5.69 Å². The van der Waals surface area contributed by atoms with Gasteiger partial charge in [-0.15, -0.1) is 0 Å². The van der Waals surface area contributed by atoms with Gasteiger partial charge in [-0.1, -0.05) is 26.0 Å². The van der Waals surface area contributed by atoms with Crippen LogP contribution in [0.3, 0.4) is 0 Å². The van der Waals surface area contributed by atoms with Crippen LogP contribution in [0.2, 0.25) is 0 Å². The smallest absolute Gasteiger partial charge is 0.325 e. The van der Waals surface area contributed by atoms with Crippen molar-refractivity contribution >= 4 is 23.4 Å². The monoisotopic (exact) mass is 476 g/mol. The number of carbonyl (C=O) groups excluding carboxylic acids is 1. The number of aliphatic imine (C=N–C) groups is 1. The van der Waals surface area contributed by atoms with Gasteiger partial charge in [0.1, 0.15) is 30.1 Å². The number of hydrogen-bond acceptors (Lipinski definition) is 5. The minimum Gasteiger partial charge on any atom is -0.343 e. The second kappa shape index (κ2) is 10.5. The summed E-state index contributed by atoms with van der Waals surface area (Å²) in [5.41, 5.74) is 2.52. The lowest BCUT2D eigenvalue weighted by molar-refractivity contribution is 0.168.